The zero-order valence-electron chi connectivity index (χ0n) is 11.0. The van der Waals surface area contributed by atoms with Crippen molar-refractivity contribution in [2.24, 2.45) is 0 Å². The highest BCUT2D eigenvalue weighted by molar-refractivity contribution is 6.39. The molecule has 20 heavy (non-hydrogen) atoms. The van der Waals surface area contributed by atoms with E-state index in [-0.39, 0.29) is 6.42 Å². The number of halogens is 2. The number of amides is 2. The molecule has 7 heteroatoms. The first kappa shape index (κ1) is 15.6. The second kappa shape index (κ2) is 6.61. The van der Waals surface area contributed by atoms with E-state index in [0.29, 0.717) is 0 Å². The summed E-state index contributed by atoms with van der Waals surface area (Å²) in [4.78, 5) is 24.4. The summed E-state index contributed by atoms with van der Waals surface area (Å²) in [5.41, 5.74) is -0.674. The standard InChI is InChI=1S/C13H13F2N3O2/c1-8(6-7-16)18(2)13(20)12(19)17-11-9(14)4-3-5-10(11)15/h3-5,8H,6H2,1-2H3,(H,17,19)/t8-/m0/s1. The summed E-state index contributed by atoms with van der Waals surface area (Å²) in [7, 11) is 1.33. The number of anilines is 1. The van der Waals surface area contributed by atoms with E-state index in [1.54, 1.807) is 6.92 Å². The average Bonchev–Trinajstić information content (AvgIpc) is 2.41. The molecular weight excluding hydrogens is 268 g/mol. The van der Waals surface area contributed by atoms with Crippen molar-refractivity contribution < 1.29 is 18.4 Å². The maximum atomic E-state index is 13.3. The Labute approximate surface area is 114 Å². The molecule has 5 nitrogen and oxygen atoms in total. The highest BCUT2D eigenvalue weighted by atomic mass is 19.1. The van der Waals surface area contributed by atoms with Crippen molar-refractivity contribution in [2.45, 2.75) is 19.4 Å². The van der Waals surface area contributed by atoms with Gasteiger partial charge in [-0.1, -0.05) is 6.07 Å². The molecule has 0 aliphatic rings. The SMILES string of the molecule is C[C@@H](CC#N)N(C)C(=O)C(=O)Nc1c(F)cccc1F. The van der Waals surface area contributed by atoms with E-state index in [1.807, 2.05) is 11.4 Å². The number of likely N-dealkylation sites (N-methyl/N-ethyl adjacent to an activating group) is 1. The molecule has 0 fully saturated rings. The van der Waals surface area contributed by atoms with Crippen LogP contribution in [0.4, 0.5) is 14.5 Å². The molecule has 0 radical (unpaired) electrons. The van der Waals surface area contributed by atoms with E-state index in [9.17, 15) is 18.4 Å². The minimum Gasteiger partial charge on any atom is -0.334 e. The van der Waals surface area contributed by atoms with Gasteiger partial charge in [0.1, 0.15) is 17.3 Å². The lowest BCUT2D eigenvalue weighted by molar-refractivity contribution is -0.143. The first-order valence-corrected chi connectivity index (χ1v) is 5.77. The molecule has 2 amide bonds. The Kier molecular flexibility index (Phi) is 5.15. The number of nitrogens with one attached hydrogen (secondary N) is 1. The Morgan fingerprint density at radius 1 is 1.40 bits per heavy atom. The molecule has 0 saturated carbocycles. The van der Waals surface area contributed by atoms with Gasteiger partial charge in [0, 0.05) is 13.1 Å². The quantitative estimate of drug-likeness (QED) is 0.856. The fourth-order valence-corrected chi connectivity index (χ4v) is 1.41. The van der Waals surface area contributed by atoms with Gasteiger partial charge in [-0.25, -0.2) is 8.78 Å². The molecule has 1 rings (SSSR count). The van der Waals surface area contributed by atoms with Crippen LogP contribution in [0.15, 0.2) is 18.2 Å². The number of hydrogen-bond acceptors (Lipinski definition) is 3. The Morgan fingerprint density at radius 2 is 1.95 bits per heavy atom. The lowest BCUT2D eigenvalue weighted by Crippen LogP contribution is -2.42. The predicted octanol–water partition coefficient (Wildman–Crippen LogP) is 1.66. The van der Waals surface area contributed by atoms with Crippen LogP contribution in [-0.2, 0) is 9.59 Å². The van der Waals surface area contributed by atoms with Gasteiger partial charge in [-0.15, -0.1) is 0 Å². The molecular formula is C13H13F2N3O2. The summed E-state index contributed by atoms with van der Waals surface area (Å²) >= 11 is 0. The first-order chi connectivity index (χ1) is 9.38. The molecule has 0 spiro atoms. The van der Waals surface area contributed by atoms with Crippen LogP contribution in [-0.4, -0.2) is 29.8 Å². The summed E-state index contributed by atoms with van der Waals surface area (Å²) in [5, 5.41) is 10.4. The van der Waals surface area contributed by atoms with Crippen molar-refractivity contribution in [3.8, 4) is 6.07 Å². The Hall–Kier alpha value is -2.49. The van der Waals surface area contributed by atoms with Crippen LogP contribution in [0, 0.1) is 23.0 Å². The molecule has 0 aliphatic carbocycles. The molecule has 1 aromatic rings. The zero-order chi connectivity index (χ0) is 15.3. The summed E-state index contributed by atoms with van der Waals surface area (Å²) in [6, 6.07) is 4.45. The second-order valence-corrected chi connectivity index (χ2v) is 4.18. The Morgan fingerprint density at radius 3 is 2.45 bits per heavy atom. The van der Waals surface area contributed by atoms with Crippen LogP contribution < -0.4 is 5.32 Å². The third kappa shape index (κ3) is 3.51. The second-order valence-electron chi connectivity index (χ2n) is 4.18. The van der Waals surface area contributed by atoms with Gasteiger partial charge in [0.15, 0.2) is 0 Å². The van der Waals surface area contributed by atoms with Crippen molar-refractivity contribution in [1.29, 1.82) is 5.26 Å². The maximum absolute atomic E-state index is 13.3. The third-order valence-corrected chi connectivity index (χ3v) is 2.76. The van der Waals surface area contributed by atoms with Crippen molar-refractivity contribution in [1.82, 2.24) is 4.90 Å². The van der Waals surface area contributed by atoms with Crippen molar-refractivity contribution in [2.75, 3.05) is 12.4 Å². The highest BCUT2D eigenvalue weighted by Gasteiger charge is 2.24. The third-order valence-electron chi connectivity index (χ3n) is 2.76. The Bertz CT molecular complexity index is 549. The number of para-hydroxylation sites is 1. The van der Waals surface area contributed by atoms with Crippen molar-refractivity contribution in [3.05, 3.63) is 29.8 Å². The van der Waals surface area contributed by atoms with Gasteiger partial charge in [-0.2, -0.15) is 5.26 Å². The summed E-state index contributed by atoms with van der Waals surface area (Å²) < 4.78 is 26.7. The number of nitrogens with zero attached hydrogens (tertiary/aromatic N) is 2. The predicted molar refractivity (Wildman–Crippen MR) is 67.4 cm³/mol. The smallest absolute Gasteiger partial charge is 0.314 e. The van der Waals surface area contributed by atoms with Crippen LogP contribution in [0.3, 0.4) is 0 Å². The number of nitriles is 1. The van der Waals surface area contributed by atoms with Gasteiger partial charge >= 0.3 is 11.8 Å². The van der Waals surface area contributed by atoms with Gasteiger partial charge < -0.3 is 10.2 Å². The van der Waals surface area contributed by atoms with Gasteiger partial charge in [0.05, 0.1) is 12.5 Å². The van der Waals surface area contributed by atoms with Gasteiger partial charge in [0.25, 0.3) is 0 Å². The number of rotatable bonds is 3. The largest absolute Gasteiger partial charge is 0.334 e. The molecule has 0 unspecified atom stereocenters. The molecule has 0 heterocycles. The fraction of sp³-hybridized carbons (Fsp3) is 0.308. The molecule has 0 aromatic heterocycles. The molecule has 0 saturated heterocycles. The molecule has 1 aromatic carbocycles. The number of carbonyl (C=O) groups is 2. The zero-order valence-corrected chi connectivity index (χ0v) is 11.0. The summed E-state index contributed by atoms with van der Waals surface area (Å²) in [6.07, 6.45) is 0.0452. The minimum atomic E-state index is -1.17. The molecule has 0 aliphatic heterocycles. The summed E-state index contributed by atoms with van der Waals surface area (Å²) in [5.74, 6) is -4.09. The lowest BCUT2D eigenvalue weighted by Gasteiger charge is -2.22. The normalized spacial score (nSPS) is 11.3. The number of benzene rings is 1. The maximum Gasteiger partial charge on any atom is 0.314 e. The fourth-order valence-electron chi connectivity index (χ4n) is 1.41. The van der Waals surface area contributed by atoms with Crippen LogP contribution in [0.25, 0.3) is 0 Å². The molecule has 0 bridgehead atoms. The van der Waals surface area contributed by atoms with Gasteiger partial charge in [-0.05, 0) is 19.1 Å². The van der Waals surface area contributed by atoms with Crippen molar-refractivity contribution >= 4 is 17.5 Å². The van der Waals surface area contributed by atoms with Crippen molar-refractivity contribution in [3.63, 3.8) is 0 Å². The van der Waals surface area contributed by atoms with Gasteiger partial charge in [0.2, 0.25) is 0 Å². The van der Waals surface area contributed by atoms with Crippen LogP contribution >= 0.6 is 0 Å². The van der Waals surface area contributed by atoms with E-state index in [2.05, 4.69) is 0 Å². The number of hydrogen-bond donors (Lipinski definition) is 1. The van der Waals surface area contributed by atoms with E-state index in [1.165, 1.54) is 7.05 Å². The lowest BCUT2D eigenvalue weighted by atomic mass is 10.2. The van der Waals surface area contributed by atoms with Crippen LogP contribution in [0.2, 0.25) is 0 Å². The highest BCUT2D eigenvalue weighted by Crippen LogP contribution is 2.18. The summed E-state index contributed by atoms with van der Waals surface area (Å²) in [6.45, 7) is 1.58. The topological polar surface area (TPSA) is 73.2 Å². The number of carbonyl (C=O) groups excluding carboxylic acids is 2. The molecule has 1 N–H and O–H groups in total. The Balaban J connectivity index is 2.82. The average molecular weight is 281 g/mol. The minimum absolute atomic E-state index is 0.0452. The van der Waals surface area contributed by atoms with E-state index < -0.39 is 35.2 Å². The van der Waals surface area contributed by atoms with Crippen LogP contribution in [0.5, 0.6) is 0 Å². The van der Waals surface area contributed by atoms with E-state index in [4.69, 9.17) is 5.26 Å². The first-order valence-electron chi connectivity index (χ1n) is 5.77. The van der Waals surface area contributed by atoms with Gasteiger partial charge in [-0.3, -0.25) is 9.59 Å². The monoisotopic (exact) mass is 281 g/mol. The molecule has 106 valence electrons. The van der Waals surface area contributed by atoms with E-state index >= 15 is 0 Å². The van der Waals surface area contributed by atoms with Crippen LogP contribution in [0.1, 0.15) is 13.3 Å². The molecule has 1 atom stereocenters. The van der Waals surface area contributed by atoms with E-state index in [0.717, 1.165) is 23.1 Å².